The molecule has 1 N–H and O–H groups in total. The van der Waals surface area contributed by atoms with Crippen LogP contribution in [0.15, 0.2) is 49.1 Å². The summed E-state index contributed by atoms with van der Waals surface area (Å²) in [7, 11) is 3.72. The fourth-order valence-electron chi connectivity index (χ4n) is 5.51. The summed E-state index contributed by atoms with van der Waals surface area (Å²) in [6.45, 7) is 10.2. The van der Waals surface area contributed by atoms with Crippen LogP contribution in [0.5, 0.6) is 17.6 Å². The number of amides is 1. The van der Waals surface area contributed by atoms with E-state index < -0.39 is 0 Å². The Morgan fingerprint density at radius 3 is 2.48 bits per heavy atom. The summed E-state index contributed by atoms with van der Waals surface area (Å²) < 4.78 is 11.8. The number of benzene rings is 2. The lowest BCUT2D eigenvalue weighted by molar-refractivity contribution is -0.126. The number of piperazine rings is 1. The second-order valence-corrected chi connectivity index (χ2v) is 10.5. The minimum absolute atomic E-state index is 0.0495. The number of aromatic hydroxyl groups is 1. The van der Waals surface area contributed by atoms with Crippen LogP contribution < -0.4 is 14.4 Å². The monoisotopic (exact) mass is 572 g/mol. The van der Waals surface area contributed by atoms with Gasteiger partial charge in [-0.2, -0.15) is 15.2 Å². The first-order valence-corrected chi connectivity index (χ1v) is 14.4. The average Bonchev–Trinajstić information content (AvgIpc) is 3.51. The van der Waals surface area contributed by atoms with E-state index >= 15 is 0 Å². The van der Waals surface area contributed by atoms with Crippen molar-refractivity contribution >= 4 is 22.5 Å². The highest BCUT2D eigenvalue weighted by atomic mass is 16.5. The van der Waals surface area contributed by atoms with Gasteiger partial charge in [0.05, 0.1) is 18.7 Å². The van der Waals surface area contributed by atoms with Crippen LogP contribution in [-0.2, 0) is 11.2 Å². The molecule has 0 radical (unpaired) electrons. The molecule has 0 bridgehead atoms. The number of ether oxygens (including phenoxy) is 2. The van der Waals surface area contributed by atoms with Crippen LogP contribution in [0.2, 0.25) is 0 Å². The second kappa shape index (κ2) is 14.5. The fraction of sp³-hybridized carbons (Fsp3) is 0.438. The van der Waals surface area contributed by atoms with E-state index in [1.807, 2.05) is 18.2 Å². The van der Waals surface area contributed by atoms with E-state index in [1.165, 1.54) is 38.9 Å². The molecule has 222 valence electrons. The highest BCUT2D eigenvalue weighted by Crippen LogP contribution is 2.41. The zero-order valence-electron chi connectivity index (χ0n) is 24.8. The van der Waals surface area contributed by atoms with Crippen LogP contribution in [0.1, 0.15) is 43.4 Å². The molecule has 10 nitrogen and oxygen atoms in total. The first-order valence-electron chi connectivity index (χ1n) is 14.4. The van der Waals surface area contributed by atoms with Crippen LogP contribution in [0.3, 0.4) is 0 Å². The Morgan fingerprint density at radius 2 is 1.86 bits per heavy atom. The molecule has 3 aliphatic heterocycles. The Kier molecular flexibility index (Phi) is 10.6. The molecule has 0 aliphatic carbocycles. The van der Waals surface area contributed by atoms with Gasteiger partial charge in [-0.25, -0.2) is 0 Å². The molecule has 2 fully saturated rings. The first kappa shape index (κ1) is 30.6. The van der Waals surface area contributed by atoms with Crippen molar-refractivity contribution < 1.29 is 19.4 Å². The number of phenolic OH excluding ortho intramolecular Hbond substituents is 1. The molecule has 4 heterocycles. The van der Waals surface area contributed by atoms with Crippen molar-refractivity contribution in [3.63, 3.8) is 0 Å². The molecule has 0 saturated carbocycles. The van der Waals surface area contributed by atoms with Gasteiger partial charge in [0.15, 0.2) is 0 Å². The molecule has 1 amide bonds. The molecule has 6 rings (SSSR count). The summed E-state index contributed by atoms with van der Waals surface area (Å²) >= 11 is 0. The van der Waals surface area contributed by atoms with Gasteiger partial charge in [-0.1, -0.05) is 30.8 Å². The van der Waals surface area contributed by atoms with Crippen molar-refractivity contribution in [2.75, 3.05) is 58.3 Å². The SMILES string of the molecule is C=CC(=O)N1CCN(c2nc(OC)nc3c2CCC(c2cccc4cc(O)ccc24)O3)CC1.CC#N.CN1CCCC1. The van der Waals surface area contributed by atoms with Gasteiger partial charge in [0.2, 0.25) is 11.8 Å². The molecular formula is C32H40N6O4. The van der Waals surface area contributed by atoms with Crippen LogP contribution >= 0.6 is 0 Å². The lowest BCUT2D eigenvalue weighted by atomic mass is 9.94. The lowest BCUT2D eigenvalue weighted by Crippen LogP contribution is -2.49. The number of hydrogen-bond donors (Lipinski definition) is 1. The number of phenols is 1. The van der Waals surface area contributed by atoms with Crippen molar-refractivity contribution in [1.82, 2.24) is 19.8 Å². The highest BCUT2D eigenvalue weighted by molar-refractivity contribution is 5.88. The summed E-state index contributed by atoms with van der Waals surface area (Å²) in [5, 5.41) is 19.2. The molecule has 1 unspecified atom stereocenters. The van der Waals surface area contributed by atoms with Gasteiger partial charge in [0, 0.05) is 38.7 Å². The summed E-state index contributed by atoms with van der Waals surface area (Å²) in [4.78, 5) is 27.4. The molecule has 2 saturated heterocycles. The van der Waals surface area contributed by atoms with Gasteiger partial charge >= 0.3 is 6.01 Å². The molecule has 10 heteroatoms. The number of carbonyl (C=O) groups is 1. The zero-order chi connectivity index (χ0) is 30.1. The number of carbonyl (C=O) groups excluding carboxylic acids is 1. The van der Waals surface area contributed by atoms with Gasteiger partial charge in [-0.3, -0.25) is 4.79 Å². The van der Waals surface area contributed by atoms with E-state index in [0.29, 0.717) is 32.1 Å². The van der Waals surface area contributed by atoms with Gasteiger partial charge in [-0.05, 0) is 74.8 Å². The summed E-state index contributed by atoms with van der Waals surface area (Å²) in [5.41, 5.74) is 2.03. The van der Waals surface area contributed by atoms with Gasteiger partial charge < -0.3 is 29.3 Å². The smallest absolute Gasteiger partial charge is 0.321 e. The van der Waals surface area contributed by atoms with Gasteiger partial charge in [-0.15, -0.1) is 0 Å². The van der Waals surface area contributed by atoms with E-state index in [-0.39, 0.29) is 23.8 Å². The van der Waals surface area contributed by atoms with Crippen LogP contribution in [0.25, 0.3) is 10.8 Å². The molecule has 3 aliphatic rings. The van der Waals surface area contributed by atoms with Gasteiger partial charge in [0.1, 0.15) is 17.7 Å². The van der Waals surface area contributed by atoms with Crippen LogP contribution in [0.4, 0.5) is 5.82 Å². The summed E-state index contributed by atoms with van der Waals surface area (Å²) in [6, 6.07) is 13.4. The maximum absolute atomic E-state index is 11.9. The van der Waals surface area contributed by atoms with E-state index in [9.17, 15) is 9.90 Å². The van der Waals surface area contributed by atoms with E-state index in [1.54, 1.807) is 30.2 Å². The highest BCUT2D eigenvalue weighted by Gasteiger charge is 2.31. The Balaban J connectivity index is 0.000000390. The van der Waals surface area contributed by atoms with Crippen molar-refractivity contribution in [1.29, 1.82) is 5.26 Å². The van der Waals surface area contributed by atoms with E-state index in [2.05, 4.69) is 39.5 Å². The molecular weight excluding hydrogens is 532 g/mol. The minimum Gasteiger partial charge on any atom is -0.508 e. The Morgan fingerprint density at radius 1 is 1.14 bits per heavy atom. The minimum atomic E-state index is -0.166. The van der Waals surface area contributed by atoms with Crippen molar-refractivity contribution in [3.05, 3.63) is 60.2 Å². The lowest BCUT2D eigenvalue weighted by Gasteiger charge is -2.37. The zero-order valence-corrected chi connectivity index (χ0v) is 24.8. The average molecular weight is 573 g/mol. The van der Waals surface area contributed by atoms with Crippen LogP contribution in [-0.4, -0.2) is 84.2 Å². The standard InChI is InChI=1S/C25H26N4O4.C5H11N.C2H3N/c1-3-22(31)28-11-13-29(14-12-28)23-20-9-10-21(33-24(20)27-25(26-23)32-2)19-6-4-5-16-15-17(30)7-8-18(16)19;1-6-4-2-3-5-6;1-2-3/h3-8,15,21,30H,1,9-14H2,2H3;2-5H2,1H3;1H3. The van der Waals surface area contributed by atoms with Crippen molar-refractivity contribution in [3.8, 4) is 23.7 Å². The van der Waals surface area contributed by atoms with Crippen molar-refractivity contribution in [2.45, 2.75) is 38.7 Å². The third-order valence-corrected chi connectivity index (χ3v) is 7.66. The second-order valence-electron chi connectivity index (χ2n) is 10.5. The number of nitriles is 1. The number of methoxy groups -OCH3 is 1. The predicted octanol–water partition coefficient (Wildman–Crippen LogP) is 4.49. The third-order valence-electron chi connectivity index (χ3n) is 7.66. The summed E-state index contributed by atoms with van der Waals surface area (Å²) in [5.74, 6) is 1.54. The topological polar surface area (TPSA) is 115 Å². The first-order chi connectivity index (χ1) is 20.4. The van der Waals surface area contributed by atoms with E-state index in [0.717, 1.165) is 40.6 Å². The molecule has 42 heavy (non-hydrogen) atoms. The molecule has 1 aromatic heterocycles. The normalized spacial score (nSPS) is 17.9. The maximum atomic E-state index is 11.9. The number of aromatic nitrogens is 2. The van der Waals surface area contributed by atoms with E-state index in [4.69, 9.17) is 14.7 Å². The molecule has 0 spiro atoms. The Bertz CT molecular complexity index is 1420. The molecule has 1 atom stereocenters. The van der Waals surface area contributed by atoms with Crippen LogP contribution in [0, 0.1) is 11.3 Å². The predicted molar refractivity (Wildman–Crippen MR) is 163 cm³/mol. The number of hydrogen-bond acceptors (Lipinski definition) is 9. The quantitative estimate of drug-likeness (QED) is 0.452. The molecule has 3 aromatic rings. The molecule has 2 aromatic carbocycles. The Labute approximate surface area is 247 Å². The van der Waals surface area contributed by atoms with Gasteiger partial charge in [0.25, 0.3) is 0 Å². The number of likely N-dealkylation sites (tertiary alicyclic amines) is 1. The number of anilines is 1. The largest absolute Gasteiger partial charge is 0.508 e. The third kappa shape index (κ3) is 7.28. The fourth-order valence-corrected chi connectivity index (χ4v) is 5.51. The number of rotatable bonds is 4. The number of nitrogens with zero attached hydrogens (tertiary/aromatic N) is 6. The summed E-state index contributed by atoms with van der Waals surface area (Å²) in [6.07, 6.45) is 5.56. The Hall–Kier alpha value is -4.36. The van der Waals surface area contributed by atoms with Crippen molar-refractivity contribution in [2.24, 2.45) is 0 Å². The maximum Gasteiger partial charge on any atom is 0.321 e. The number of fused-ring (bicyclic) bond motifs is 2.